The molecule has 1 aromatic rings. The smallest absolute Gasteiger partial charge is 0.0598 e. The van der Waals surface area contributed by atoms with Gasteiger partial charge in [0.25, 0.3) is 0 Å². The van der Waals surface area contributed by atoms with E-state index in [1.807, 2.05) is 23.1 Å². The van der Waals surface area contributed by atoms with E-state index in [0.717, 1.165) is 12.5 Å². The third kappa shape index (κ3) is 4.48. The Morgan fingerprint density at radius 3 is 2.94 bits per heavy atom. The summed E-state index contributed by atoms with van der Waals surface area (Å²) in [5.74, 6) is 2.16. The van der Waals surface area contributed by atoms with Gasteiger partial charge < -0.3 is 5.32 Å². The largest absolute Gasteiger partial charge is 0.316 e. The molecule has 1 aromatic heterocycles. The summed E-state index contributed by atoms with van der Waals surface area (Å²) in [6.07, 6.45) is 7.27. The molecule has 0 radical (unpaired) electrons. The van der Waals surface area contributed by atoms with Gasteiger partial charge in [-0.3, -0.25) is 0 Å². The van der Waals surface area contributed by atoms with E-state index in [2.05, 4.69) is 22.8 Å². The highest BCUT2D eigenvalue weighted by atomic mass is 32.2. The third-order valence-corrected chi connectivity index (χ3v) is 5.31. The van der Waals surface area contributed by atoms with E-state index in [4.69, 9.17) is 0 Å². The Hall–Kier alpha value is 0.01000. The highest BCUT2D eigenvalue weighted by Crippen LogP contribution is 2.24. The molecule has 1 heterocycles. The van der Waals surface area contributed by atoms with Gasteiger partial charge in [-0.05, 0) is 36.8 Å². The van der Waals surface area contributed by atoms with Crippen LogP contribution in [0.25, 0.3) is 0 Å². The lowest BCUT2D eigenvalue weighted by Crippen LogP contribution is -2.26. The first-order valence-corrected chi connectivity index (χ1v) is 8.19. The van der Waals surface area contributed by atoms with Crippen LogP contribution in [0.3, 0.4) is 0 Å². The lowest BCUT2D eigenvalue weighted by atomic mass is 9.89. The van der Waals surface area contributed by atoms with Crippen molar-refractivity contribution in [1.82, 2.24) is 5.32 Å². The second-order valence-corrected chi connectivity index (χ2v) is 6.83. The van der Waals surface area contributed by atoms with Gasteiger partial charge in [-0.2, -0.15) is 0 Å². The first-order valence-electron chi connectivity index (χ1n) is 6.32. The summed E-state index contributed by atoms with van der Waals surface area (Å²) in [6.45, 7) is 2.39. The summed E-state index contributed by atoms with van der Waals surface area (Å²) in [5, 5.41) is 5.75. The molecule has 16 heavy (non-hydrogen) atoms. The van der Waals surface area contributed by atoms with E-state index in [-0.39, 0.29) is 0 Å². The molecule has 1 fully saturated rings. The average molecular weight is 255 g/mol. The first-order chi connectivity index (χ1) is 7.95. The molecule has 0 amide bonds. The summed E-state index contributed by atoms with van der Waals surface area (Å²) in [5.41, 5.74) is 0. The van der Waals surface area contributed by atoms with Crippen molar-refractivity contribution >= 4 is 23.1 Å². The molecule has 1 aliphatic rings. The Labute approximate surface area is 107 Å². The second-order valence-electron chi connectivity index (χ2n) is 4.49. The predicted molar refractivity (Wildman–Crippen MR) is 74.5 cm³/mol. The summed E-state index contributed by atoms with van der Waals surface area (Å²) >= 11 is 3.81. The Morgan fingerprint density at radius 2 is 2.19 bits per heavy atom. The minimum atomic E-state index is 0.959. The fraction of sp³-hybridized carbons (Fsp3) is 0.692. The Balaban J connectivity index is 1.48. The van der Waals surface area contributed by atoms with Gasteiger partial charge in [0.2, 0.25) is 0 Å². The fourth-order valence-electron chi connectivity index (χ4n) is 2.27. The Kier molecular flexibility index (Phi) is 5.73. The van der Waals surface area contributed by atoms with Gasteiger partial charge in [0.15, 0.2) is 0 Å². The highest BCUT2D eigenvalue weighted by Gasteiger charge is 2.12. The van der Waals surface area contributed by atoms with Crippen LogP contribution in [0.4, 0.5) is 0 Å². The van der Waals surface area contributed by atoms with Gasteiger partial charge in [-0.1, -0.05) is 25.3 Å². The molecular formula is C13H21NS2. The van der Waals surface area contributed by atoms with Crippen molar-refractivity contribution in [2.24, 2.45) is 5.92 Å². The average Bonchev–Trinajstić information content (AvgIpc) is 2.83. The second kappa shape index (κ2) is 7.36. The summed E-state index contributed by atoms with van der Waals surface area (Å²) in [4.78, 5) is 0. The van der Waals surface area contributed by atoms with Crippen LogP contribution in [0.2, 0.25) is 0 Å². The molecule has 1 nitrogen and oxygen atoms in total. The lowest BCUT2D eigenvalue weighted by molar-refractivity contribution is 0.345. The molecule has 0 unspecified atom stereocenters. The molecule has 1 N–H and O–H groups in total. The van der Waals surface area contributed by atoms with Crippen LogP contribution in [-0.2, 0) is 0 Å². The molecule has 0 aromatic carbocycles. The van der Waals surface area contributed by atoms with Crippen molar-refractivity contribution in [3.05, 3.63) is 17.5 Å². The normalized spacial score (nSPS) is 17.8. The zero-order valence-electron chi connectivity index (χ0n) is 9.78. The van der Waals surface area contributed by atoms with E-state index < -0.39 is 0 Å². The van der Waals surface area contributed by atoms with E-state index in [1.54, 1.807) is 0 Å². The van der Waals surface area contributed by atoms with Gasteiger partial charge in [0, 0.05) is 12.3 Å². The molecule has 3 heteroatoms. The van der Waals surface area contributed by atoms with Crippen LogP contribution in [0.5, 0.6) is 0 Å². The maximum absolute atomic E-state index is 3.60. The molecule has 1 aliphatic carbocycles. The van der Waals surface area contributed by atoms with Gasteiger partial charge >= 0.3 is 0 Å². The maximum Gasteiger partial charge on any atom is 0.0598 e. The van der Waals surface area contributed by atoms with Crippen molar-refractivity contribution in [1.29, 1.82) is 0 Å². The van der Waals surface area contributed by atoms with Crippen molar-refractivity contribution < 1.29 is 0 Å². The molecule has 0 atom stereocenters. The van der Waals surface area contributed by atoms with Crippen molar-refractivity contribution in [3.63, 3.8) is 0 Å². The van der Waals surface area contributed by atoms with Gasteiger partial charge in [0.1, 0.15) is 0 Å². The molecule has 2 rings (SSSR count). The molecule has 90 valence electrons. The van der Waals surface area contributed by atoms with Crippen LogP contribution in [0.1, 0.15) is 32.1 Å². The molecule has 0 aliphatic heterocycles. The summed E-state index contributed by atoms with van der Waals surface area (Å²) in [7, 11) is 0. The molecule has 0 bridgehead atoms. The zero-order valence-corrected chi connectivity index (χ0v) is 11.4. The summed E-state index contributed by atoms with van der Waals surface area (Å²) in [6, 6.07) is 4.33. The highest BCUT2D eigenvalue weighted by molar-refractivity contribution is 8.01. The van der Waals surface area contributed by atoms with Crippen molar-refractivity contribution in [2.75, 3.05) is 18.8 Å². The van der Waals surface area contributed by atoms with Crippen LogP contribution in [0, 0.1) is 5.92 Å². The maximum atomic E-state index is 3.60. The summed E-state index contributed by atoms with van der Waals surface area (Å²) < 4.78 is 1.44. The molecule has 1 saturated carbocycles. The van der Waals surface area contributed by atoms with E-state index >= 15 is 0 Å². The zero-order chi connectivity index (χ0) is 11.1. The number of thioether (sulfide) groups is 1. The molecule has 0 spiro atoms. The van der Waals surface area contributed by atoms with Crippen LogP contribution >= 0.6 is 23.1 Å². The Bertz CT molecular complexity index is 265. The standard InChI is InChI=1S/C13H21NS2/c1-2-5-12(6-3-1)11-14-8-10-16-13-7-4-9-15-13/h4,7,9,12,14H,1-3,5-6,8,10-11H2. The van der Waals surface area contributed by atoms with Crippen LogP contribution in [-0.4, -0.2) is 18.8 Å². The van der Waals surface area contributed by atoms with Crippen LogP contribution < -0.4 is 5.32 Å². The number of rotatable bonds is 6. The monoisotopic (exact) mass is 255 g/mol. The SMILES string of the molecule is c1csc(SCCNCC2CCCCC2)c1. The number of thiophene rings is 1. The fourth-order valence-corrected chi connectivity index (χ4v) is 4.03. The predicted octanol–water partition coefficient (Wildman–Crippen LogP) is 4.01. The first kappa shape index (κ1) is 12.5. The van der Waals surface area contributed by atoms with Gasteiger partial charge in [-0.15, -0.1) is 23.1 Å². The number of nitrogens with one attached hydrogen (secondary N) is 1. The van der Waals surface area contributed by atoms with Crippen molar-refractivity contribution in [2.45, 2.75) is 36.3 Å². The van der Waals surface area contributed by atoms with Crippen molar-refractivity contribution in [3.8, 4) is 0 Å². The minimum Gasteiger partial charge on any atom is -0.316 e. The number of hydrogen-bond acceptors (Lipinski definition) is 3. The number of hydrogen-bond donors (Lipinski definition) is 1. The molecular weight excluding hydrogens is 234 g/mol. The molecule has 0 saturated heterocycles. The van der Waals surface area contributed by atoms with E-state index in [1.165, 1.54) is 48.6 Å². The van der Waals surface area contributed by atoms with Crippen LogP contribution in [0.15, 0.2) is 21.7 Å². The van der Waals surface area contributed by atoms with Gasteiger partial charge in [-0.25, -0.2) is 0 Å². The Morgan fingerprint density at radius 1 is 1.31 bits per heavy atom. The lowest BCUT2D eigenvalue weighted by Gasteiger charge is -2.21. The van der Waals surface area contributed by atoms with Gasteiger partial charge in [0.05, 0.1) is 4.21 Å². The topological polar surface area (TPSA) is 12.0 Å². The minimum absolute atomic E-state index is 0.959. The third-order valence-electron chi connectivity index (χ3n) is 3.18. The quantitative estimate of drug-likeness (QED) is 0.609. The van der Waals surface area contributed by atoms with E-state index in [9.17, 15) is 0 Å². The van der Waals surface area contributed by atoms with E-state index in [0.29, 0.717) is 0 Å².